The number of rotatable bonds is 3. The minimum atomic E-state index is -1.05. The van der Waals surface area contributed by atoms with Crippen LogP contribution in [0.4, 0.5) is 4.79 Å². The van der Waals surface area contributed by atoms with E-state index in [0.717, 1.165) is 25.7 Å². The van der Waals surface area contributed by atoms with Crippen molar-refractivity contribution in [3.63, 3.8) is 0 Å². The second-order valence-electron chi connectivity index (χ2n) is 5.98. The van der Waals surface area contributed by atoms with Crippen molar-refractivity contribution in [2.24, 2.45) is 5.92 Å². The number of carboxylic acids is 1. The summed E-state index contributed by atoms with van der Waals surface area (Å²) in [4.78, 5) is 24.6. The molecule has 0 spiro atoms. The predicted molar refractivity (Wildman–Crippen MR) is 73.3 cm³/mol. The van der Waals surface area contributed by atoms with Crippen molar-refractivity contribution in [1.82, 2.24) is 10.2 Å². The quantitative estimate of drug-likeness (QED) is 0.726. The fraction of sp³-hybridized carbons (Fsp3) is 0.857. The third-order valence-corrected chi connectivity index (χ3v) is 4.51. The number of urea groups is 1. The molecule has 2 aliphatic rings. The average Bonchev–Trinajstić information content (AvgIpc) is 2.81. The number of hydrogen-bond donors (Lipinski definition) is 3. The lowest BCUT2D eigenvalue weighted by molar-refractivity contribution is -0.141. The number of nitrogens with zero attached hydrogens (tertiary/aromatic N) is 1. The Morgan fingerprint density at radius 2 is 2.05 bits per heavy atom. The van der Waals surface area contributed by atoms with Gasteiger partial charge in [-0.15, -0.1) is 0 Å². The summed E-state index contributed by atoms with van der Waals surface area (Å²) < 4.78 is 0. The van der Waals surface area contributed by atoms with Gasteiger partial charge in [0.25, 0.3) is 0 Å². The molecule has 2 unspecified atom stereocenters. The Hall–Kier alpha value is -1.30. The van der Waals surface area contributed by atoms with Crippen LogP contribution in [-0.4, -0.2) is 51.8 Å². The molecule has 0 bridgehead atoms. The van der Waals surface area contributed by atoms with Crippen LogP contribution < -0.4 is 5.32 Å². The van der Waals surface area contributed by atoms with Crippen molar-refractivity contribution < 1.29 is 19.8 Å². The normalized spacial score (nSPS) is 34.0. The second kappa shape index (κ2) is 6.43. The van der Waals surface area contributed by atoms with Crippen LogP contribution >= 0.6 is 0 Å². The number of hydrogen-bond acceptors (Lipinski definition) is 3. The van der Waals surface area contributed by atoms with Gasteiger partial charge < -0.3 is 20.4 Å². The van der Waals surface area contributed by atoms with Gasteiger partial charge in [0.1, 0.15) is 6.04 Å². The number of aliphatic hydroxyl groups is 1. The van der Waals surface area contributed by atoms with E-state index in [1.165, 1.54) is 11.3 Å². The Balaban J connectivity index is 1.92. The lowest BCUT2D eigenvalue weighted by Crippen LogP contribution is -2.50. The maximum Gasteiger partial charge on any atom is 0.326 e. The van der Waals surface area contributed by atoms with Gasteiger partial charge in [-0.25, -0.2) is 9.59 Å². The lowest BCUT2D eigenvalue weighted by Gasteiger charge is -2.31. The third kappa shape index (κ3) is 3.42. The van der Waals surface area contributed by atoms with Crippen LogP contribution in [0.5, 0.6) is 0 Å². The molecule has 0 aromatic rings. The molecule has 0 aromatic carbocycles. The minimum absolute atomic E-state index is 0.104. The Labute approximate surface area is 119 Å². The zero-order valence-corrected chi connectivity index (χ0v) is 11.9. The maximum atomic E-state index is 12.2. The highest BCUT2D eigenvalue weighted by Crippen LogP contribution is 2.27. The van der Waals surface area contributed by atoms with E-state index in [2.05, 4.69) is 12.2 Å². The standard InChI is InChI=1S/C14H24N2O4/c1-2-9-4-3-5-10(6-9)15-14(20)16-8-11(17)7-12(16)13(18)19/h9-12,17H,2-8H2,1H3,(H,15,20)(H,18,19)/t9?,10?,11-,12+/m1/s1. The van der Waals surface area contributed by atoms with Crippen molar-refractivity contribution >= 4 is 12.0 Å². The first-order valence-electron chi connectivity index (χ1n) is 7.49. The Kier molecular flexibility index (Phi) is 4.86. The Morgan fingerprint density at radius 1 is 1.30 bits per heavy atom. The average molecular weight is 284 g/mol. The van der Waals surface area contributed by atoms with E-state index in [9.17, 15) is 14.7 Å². The number of carboxylic acid groups (broad SMARTS) is 1. The summed E-state index contributed by atoms with van der Waals surface area (Å²) in [6.07, 6.45) is 4.73. The fourth-order valence-corrected chi connectivity index (χ4v) is 3.32. The number of nitrogens with one attached hydrogen (secondary N) is 1. The zero-order chi connectivity index (χ0) is 14.7. The van der Waals surface area contributed by atoms with E-state index in [1.807, 2.05) is 0 Å². The monoisotopic (exact) mass is 284 g/mol. The maximum absolute atomic E-state index is 12.2. The van der Waals surface area contributed by atoms with Crippen LogP contribution in [0, 0.1) is 5.92 Å². The van der Waals surface area contributed by atoms with Crippen LogP contribution in [0.2, 0.25) is 0 Å². The van der Waals surface area contributed by atoms with Crippen molar-refractivity contribution in [2.75, 3.05) is 6.54 Å². The molecule has 1 heterocycles. The number of amides is 2. The summed E-state index contributed by atoms with van der Waals surface area (Å²) in [6.45, 7) is 2.26. The molecule has 2 rings (SSSR count). The molecule has 6 heteroatoms. The minimum Gasteiger partial charge on any atom is -0.480 e. The molecule has 3 N–H and O–H groups in total. The highest BCUT2D eigenvalue weighted by Gasteiger charge is 2.39. The molecular weight excluding hydrogens is 260 g/mol. The summed E-state index contributed by atoms with van der Waals surface area (Å²) >= 11 is 0. The molecule has 1 saturated heterocycles. The van der Waals surface area contributed by atoms with E-state index in [-0.39, 0.29) is 25.0 Å². The zero-order valence-electron chi connectivity index (χ0n) is 11.9. The van der Waals surface area contributed by atoms with Gasteiger partial charge in [0.2, 0.25) is 0 Å². The topological polar surface area (TPSA) is 89.9 Å². The van der Waals surface area contributed by atoms with Gasteiger partial charge in [0, 0.05) is 19.0 Å². The molecule has 0 radical (unpaired) electrons. The number of aliphatic carboxylic acids is 1. The van der Waals surface area contributed by atoms with Crippen LogP contribution in [0.25, 0.3) is 0 Å². The summed E-state index contributed by atoms with van der Waals surface area (Å²) in [6, 6.07) is -1.13. The summed E-state index contributed by atoms with van der Waals surface area (Å²) in [5.41, 5.74) is 0. The molecule has 2 amide bonds. The third-order valence-electron chi connectivity index (χ3n) is 4.51. The first kappa shape index (κ1) is 15.1. The molecular formula is C14H24N2O4. The van der Waals surface area contributed by atoms with E-state index < -0.39 is 18.1 Å². The van der Waals surface area contributed by atoms with Crippen molar-refractivity contribution in [2.45, 2.75) is 63.6 Å². The van der Waals surface area contributed by atoms with E-state index in [1.54, 1.807) is 0 Å². The first-order chi connectivity index (χ1) is 9.51. The van der Waals surface area contributed by atoms with Gasteiger partial charge in [0.05, 0.1) is 6.10 Å². The Bertz CT molecular complexity index is 374. The van der Waals surface area contributed by atoms with Gasteiger partial charge in [-0.05, 0) is 18.8 Å². The lowest BCUT2D eigenvalue weighted by atomic mass is 9.84. The predicted octanol–water partition coefficient (Wildman–Crippen LogP) is 1.18. The number of β-amino-alcohol motifs (C(OH)–C–C–N with tert-alkyl or cyclic N) is 1. The van der Waals surface area contributed by atoms with Gasteiger partial charge in [-0.3, -0.25) is 0 Å². The highest BCUT2D eigenvalue weighted by atomic mass is 16.4. The van der Waals surface area contributed by atoms with Crippen LogP contribution in [0.1, 0.15) is 45.4 Å². The number of aliphatic hydroxyl groups excluding tert-OH is 1. The van der Waals surface area contributed by atoms with Crippen molar-refractivity contribution in [3.05, 3.63) is 0 Å². The van der Waals surface area contributed by atoms with Crippen molar-refractivity contribution in [1.29, 1.82) is 0 Å². The summed E-state index contributed by atoms with van der Waals surface area (Å²) in [5.74, 6) is -0.403. The smallest absolute Gasteiger partial charge is 0.326 e. The van der Waals surface area contributed by atoms with Gasteiger partial charge >= 0.3 is 12.0 Å². The molecule has 1 aliphatic carbocycles. The second-order valence-corrected chi connectivity index (χ2v) is 5.98. The molecule has 20 heavy (non-hydrogen) atoms. The largest absolute Gasteiger partial charge is 0.480 e. The number of carbonyl (C=O) groups excluding carboxylic acids is 1. The van der Waals surface area contributed by atoms with Crippen LogP contribution in [-0.2, 0) is 4.79 Å². The molecule has 2 fully saturated rings. The van der Waals surface area contributed by atoms with Crippen molar-refractivity contribution in [3.8, 4) is 0 Å². The molecule has 4 atom stereocenters. The molecule has 0 aromatic heterocycles. The molecule has 6 nitrogen and oxygen atoms in total. The van der Waals surface area contributed by atoms with E-state index in [4.69, 9.17) is 5.11 Å². The summed E-state index contributed by atoms with van der Waals surface area (Å²) in [5, 5.41) is 21.6. The molecule has 1 aliphatic heterocycles. The van der Waals surface area contributed by atoms with Crippen LogP contribution in [0.15, 0.2) is 0 Å². The van der Waals surface area contributed by atoms with Crippen LogP contribution in [0.3, 0.4) is 0 Å². The summed E-state index contributed by atoms with van der Waals surface area (Å²) in [7, 11) is 0. The molecule has 114 valence electrons. The fourth-order valence-electron chi connectivity index (χ4n) is 3.32. The number of carbonyl (C=O) groups is 2. The van der Waals surface area contributed by atoms with Gasteiger partial charge in [0.15, 0.2) is 0 Å². The number of likely N-dealkylation sites (tertiary alicyclic amines) is 1. The van der Waals surface area contributed by atoms with Gasteiger partial charge in [-0.2, -0.15) is 0 Å². The van der Waals surface area contributed by atoms with Gasteiger partial charge in [-0.1, -0.05) is 26.2 Å². The highest BCUT2D eigenvalue weighted by molar-refractivity contribution is 5.83. The Morgan fingerprint density at radius 3 is 2.70 bits per heavy atom. The molecule has 1 saturated carbocycles. The van der Waals surface area contributed by atoms with E-state index in [0.29, 0.717) is 5.92 Å². The van der Waals surface area contributed by atoms with E-state index >= 15 is 0 Å². The SMILES string of the molecule is CCC1CCCC(NC(=O)N2C[C@H](O)C[C@H]2C(=O)O)C1. The first-order valence-corrected chi connectivity index (χ1v) is 7.49.